The van der Waals surface area contributed by atoms with Gasteiger partial charge >= 0.3 is 5.97 Å². The second-order valence-electron chi connectivity index (χ2n) is 3.92. The van der Waals surface area contributed by atoms with Gasteiger partial charge in [0.15, 0.2) is 0 Å². The Morgan fingerprint density at radius 2 is 1.80 bits per heavy atom. The van der Waals surface area contributed by atoms with E-state index in [0.29, 0.717) is 0 Å². The molecule has 0 heterocycles. The Bertz CT molecular complexity index is 758. The van der Waals surface area contributed by atoms with Gasteiger partial charge in [-0.1, -0.05) is 29.8 Å². The van der Waals surface area contributed by atoms with E-state index in [2.05, 4.69) is 4.72 Å². The van der Waals surface area contributed by atoms with Crippen LogP contribution in [0.2, 0.25) is 5.02 Å². The molecule has 2 aromatic rings. The van der Waals surface area contributed by atoms with Gasteiger partial charge in [0.2, 0.25) is 0 Å². The van der Waals surface area contributed by atoms with Gasteiger partial charge < -0.3 is 5.11 Å². The average molecular weight is 312 g/mol. The fourth-order valence-corrected chi connectivity index (χ4v) is 3.16. The Kier molecular flexibility index (Phi) is 3.96. The molecule has 0 aliphatic carbocycles. The maximum atomic E-state index is 12.2. The van der Waals surface area contributed by atoms with Gasteiger partial charge in [-0.05, 0) is 30.3 Å². The summed E-state index contributed by atoms with van der Waals surface area (Å²) in [5.41, 5.74) is 0.147. The molecular formula is C13H10ClNO4S. The predicted molar refractivity (Wildman–Crippen MR) is 75.7 cm³/mol. The van der Waals surface area contributed by atoms with E-state index in [9.17, 15) is 13.2 Å². The van der Waals surface area contributed by atoms with Gasteiger partial charge in [0.25, 0.3) is 10.0 Å². The lowest BCUT2D eigenvalue weighted by molar-refractivity contribution is 0.0697. The van der Waals surface area contributed by atoms with Crippen molar-refractivity contribution in [3.8, 4) is 0 Å². The minimum absolute atomic E-state index is 0.00985. The number of hydrogen-bond acceptors (Lipinski definition) is 3. The molecule has 5 nitrogen and oxygen atoms in total. The fraction of sp³-hybridized carbons (Fsp3) is 0. The van der Waals surface area contributed by atoms with Gasteiger partial charge in [0, 0.05) is 5.69 Å². The van der Waals surface area contributed by atoms with E-state index in [0.717, 1.165) is 0 Å². The number of rotatable bonds is 4. The van der Waals surface area contributed by atoms with Crippen LogP contribution in [0, 0.1) is 0 Å². The monoisotopic (exact) mass is 311 g/mol. The van der Waals surface area contributed by atoms with Gasteiger partial charge in [-0.15, -0.1) is 0 Å². The number of sulfonamides is 1. The minimum atomic E-state index is -3.86. The molecule has 0 radical (unpaired) electrons. The molecule has 0 atom stereocenters. The highest BCUT2D eigenvalue weighted by Crippen LogP contribution is 2.23. The van der Waals surface area contributed by atoms with Crippen molar-refractivity contribution in [3.05, 3.63) is 59.1 Å². The maximum absolute atomic E-state index is 12.2. The smallest absolute Gasteiger partial charge is 0.335 e. The summed E-state index contributed by atoms with van der Waals surface area (Å²) in [5, 5.41) is 8.96. The lowest BCUT2D eigenvalue weighted by Crippen LogP contribution is -2.13. The molecule has 0 amide bonds. The van der Waals surface area contributed by atoms with Crippen LogP contribution in [0.25, 0.3) is 0 Å². The van der Waals surface area contributed by atoms with Crippen molar-refractivity contribution in [2.45, 2.75) is 4.90 Å². The maximum Gasteiger partial charge on any atom is 0.335 e. The topological polar surface area (TPSA) is 83.5 Å². The van der Waals surface area contributed by atoms with Crippen molar-refractivity contribution in [2.75, 3.05) is 4.72 Å². The van der Waals surface area contributed by atoms with Crippen molar-refractivity contribution in [2.24, 2.45) is 0 Å². The van der Waals surface area contributed by atoms with E-state index >= 15 is 0 Å². The summed E-state index contributed by atoms with van der Waals surface area (Å²) in [7, 11) is -3.86. The van der Waals surface area contributed by atoms with E-state index in [1.54, 1.807) is 12.1 Å². The Hall–Kier alpha value is -2.05. The number of anilines is 1. The summed E-state index contributed by atoms with van der Waals surface area (Å²) in [6.45, 7) is 0. The van der Waals surface area contributed by atoms with Crippen LogP contribution in [0.5, 0.6) is 0 Å². The van der Waals surface area contributed by atoms with Crippen LogP contribution in [0.4, 0.5) is 5.69 Å². The lowest BCUT2D eigenvalue weighted by Gasteiger charge is -2.09. The number of nitrogens with one attached hydrogen (secondary N) is 1. The first-order valence-corrected chi connectivity index (χ1v) is 7.37. The van der Waals surface area contributed by atoms with Crippen LogP contribution in [-0.2, 0) is 10.0 Å². The summed E-state index contributed by atoms with van der Waals surface area (Å²) in [5.74, 6) is -1.14. The molecule has 7 heteroatoms. The van der Waals surface area contributed by atoms with Crippen LogP contribution in [0.15, 0.2) is 53.4 Å². The van der Waals surface area contributed by atoms with Crippen LogP contribution in [0.1, 0.15) is 10.4 Å². The number of carboxylic acid groups (broad SMARTS) is 1. The molecule has 0 bridgehead atoms. The first kappa shape index (κ1) is 14.4. The molecule has 0 spiro atoms. The number of halogens is 1. The lowest BCUT2D eigenvalue weighted by atomic mass is 10.2. The molecule has 2 N–H and O–H groups in total. The molecule has 2 rings (SSSR count). The molecule has 0 fully saturated rings. The summed E-state index contributed by atoms with van der Waals surface area (Å²) in [6, 6.07) is 11.5. The number of carbonyl (C=O) groups is 1. The fourth-order valence-electron chi connectivity index (χ4n) is 1.59. The standard InChI is InChI=1S/C13H10ClNO4S/c14-11-6-1-2-7-12(11)20(18,19)15-10-5-3-4-9(8-10)13(16)17/h1-8,15H,(H,16,17). The molecule has 20 heavy (non-hydrogen) atoms. The normalized spacial score (nSPS) is 11.1. The van der Waals surface area contributed by atoms with Gasteiger partial charge in [0.05, 0.1) is 10.6 Å². The van der Waals surface area contributed by atoms with E-state index in [1.807, 2.05) is 0 Å². The third-order valence-electron chi connectivity index (χ3n) is 2.49. The van der Waals surface area contributed by atoms with E-state index in [1.165, 1.54) is 36.4 Å². The van der Waals surface area contributed by atoms with Gasteiger partial charge in [0.1, 0.15) is 4.90 Å². The van der Waals surface area contributed by atoms with Crippen molar-refractivity contribution in [3.63, 3.8) is 0 Å². The summed E-state index contributed by atoms with van der Waals surface area (Å²) < 4.78 is 26.6. The highest BCUT2D eigenvalue weighted by Gasteiger charge is 2.17. The highest BCUT2D eigenvalue weighted by molar-refractivity contribution is 7.92. The van der Waals surface area contributed by atoms with Crippen molar-refractivity contribution >= 4 is 33.3 Å². The van der Waals surface area contributed by atoms with Crippen molar-refractivity contribution < 1.29 is 18.3 Å². The summed E-state index contributed by atoms with van der Waals surface area (Å²) in [4.78, 5) is 10.8. The van der Waals surface area contributed by atoms with Gasteiger partial charge in [-0.2, -0.15) is 0 Å². The zero-order chi connectivity index (χ0) is 14.8. The third kappa shape index (κ3) is 3.09. The first-order valence-electron chi connectivity index (χ1n) is 5.51. The average Bonchev–Trinajstić information content (AvgIpc) is 2.38. The molecule has 0 saturated heterocycles. The number of aromatic carboxylic acids is 1. The number of hydrogen-bond donors (Lipinski definition) is 2. The molecule has 0 aromatic heterocycles. The Morgan fingerprint density at radius 3 is 2.45 bits per heavy atom. The molecule has 2 aromatic carbocycles. The van der Waals surface area contributed by atoms with E-state index in [-0.39, 0.29) is 21.2 Å². The van der Waals surface area contributed by atoms with E-state index < -0.39 is 16.0 Å². The number of benzene rings is 2. The second kappa shape index (κ2) is 5.52. The Labute approximate surface area is 120 Å². The zero-order valence-corrected chi connectivity index (χ0v) is 11.6. The van der Waals surface area contributed by atoms with Gasteiger partial charge in [-0.3, -0.25) is 4.72 Å². The summed E-state index contributed by atoms with van der Waals surface area (Å²) in [6.07, 6.45) is 0. The molecule has 104 valence electrons. The molecule has 0 aliphatic rings. The summed E-state index contributed by atoms with van der Waals surface area (Å²) >= 11 is 5.84. The minimum Gasteiger partial charge on any atom is -0.478 e. The highest BCUT2D eigenvalue weighted by atomic mass is 35.5. The Balaban J connectivity index is 2.36. The second-order valence-corrected chi connectivity index (χ2v) is 5.98. The van der Waals surface area contributed by atoms with Crippen LogP contribution in [-0.4, -0.2) is 19.5 Å². The van der Waals surface area contributed by atoms with Crippen molar-refractivity contribution in [1.29, 1.82) is 0 Å². The zero-order valence-electron chi connectivity index (χ0n) is 10.1. The third-order valence-corrected chi connectivity index (χ3v) is 4.37. The van der Waals surface area contributed by atoms with E-state index in [4.69, 9.17) is 16.7 Å². The number of carboxylic acids is 1. The quantitative estimate of drug-likeness (QED) is 0.909. The van der Waals surface area contributed by atoms with Crippen molar-refractivity contribution in [1.82, 2.24) is 0 Å². The molecule has 0 saturated carbocycles. The SMILES string of the molecule is O=C(O)c1cccc(NS(=O)(=O)c2ccccc2Cl)c1. The Morgan fingerprint density at radius 1 is 1.10 bits per heavy atom. The first-order chi connectivity index (χ1) is 9.40. The van der Waals surface area contributed by atoms with Crippen LogP contribution < -0.4 is 4.72 Å². The predicted octanol–water partition coefficient (Wildman–Crippen LogP) is 2.84. The largest absolute Gasteiger partial charge is 0.478 e. The molecule has 0 unspecified atom stereocenters. The molecule has 0 aliphatic heterocycles. The molecular weight excluding hydrogens is 302 g/mol. The van der Waals surface area contributed by atoms with Crippen LogP contribution in [0.3, 0.4) is 0 Å². The van der Waals surface area contributed by atoms with Crippen LogP contribution >= 0.6 is 11.6 Å². The van der Waals surface area contributed by atoms with Gasteiger partial charge in [-0.25, -0.2) is 13.2 Å².